The maximum Gasteiger partial charge on any atom is 0.148 e. The molecule has 22 heavy (non-hydrogen) atoms. The Bertz CT molecular complexity index is 655. The first-order valence-electron chi connectivity index (χ1n) is 6.78. The Morgan fingerprint density at radius 3 is 2.82 bits per heavy atom. The minimum absolute atomic E-state index is 0.0219. The summed E-state index contributed by atoms with van der Waals surface area (Å²) in [6.07, 6.45) is 3.25. The maximum atomic E-state index is 13.3. The Morgan fingerprint density at radius 1 is 1.36 bits per heavy atom. The zero-order valence-electron chi connectivity index (χ0n) is 12.3. The van der Waals surface area contributed by atoms with Gasteiger partial charge in [0.05, 0.1) is 13.3 Å². The van der Waals surface area contributed by atoms with Crippen LogP contribution >= 0.6 is 11.6 Å². The molecule has 1 atom stereocenters. The van der Waals surface area contributed by atoms with Crippen molar-refractivity contribution in [3.05, 3.63) is 35.5 Å². The molecule has 0 aromatic carbocycles. The third kappa shape index (κ3) is 3.84. The van der Waals surface area contributed by atoms with Crippen molar-refractivity contribution in [3.8, 4) is 17.0 Å². The van der Waals surface area contributed by atoms with E-state index < -0.39 is 5.82 Å². The molecule has 7 heteroatoms. The maximum absolute atomic E-state index is 13.3. The number of methoxy groups -OCH3 is 1. The largest absolute Gasteiger partial charge is 0.494 e. The highest BCUT2D eigenvalue weighted by molar-refractivity contribution is 6.29. The first kappa shape index (κ1) is 16.5. The Kier molecular flexibility index (Phi) is 5.51. The predicted octanol–water partition coefficient (Wildman–Crippen LogP) is 3.13. The number of aliphatic hydroxyl groups excluding tert-OH is 1. The molecule has 0 radical (unpaired) electrons. The number of aromatic nitrogens is 2. The Labute approximate surface area is 133 Å². The molecule has 2 aromatic rings. The van der Waals surface area contributed by atoms with Crippen molar-refractivity contribution in [1.82, 2.24) is 9.97 Å². The molecule has 0 spiro atoms. The number of halogens is 2. The molecule has 2 aromatic heterocycles. The average Bonchev–Trinajstić information content (AvgIpc) is 2.48. The number of aliphatic hydroxyl groups is 1. The second-order valence-electron chi connectivity index (χ2n) is 4.81. The fourth-order valence-corrected chi connectivity index (χ4v) is 2.21. The number of hydrogen-bond donors (Lipinski definition) is 2. The summed E-state index contributed by atoms with van der Waals surface area (Å²) in [7, 11) is 1.45. The van der Waals surface area contributed by atoms with Crippen LogP contribution in [0.4, 0.5) is 10.1 Å². The number of ether oxygens (including phenoxy) is 1. The number of hydrogen-bond acceptors (Lipinski definition) is 5. The quantitative estimate of drug-likeness (QED) is 0.799. The van der Waals surface area contributed by atoms with E-state index >= 15 is 0 Å². The number of rotatable bonds is 6. The van der Waals surface area contributed by atoms with Crippen molar-refractivity contribution in [2.45, 2.75) is 19.4 Å². The summed E-state index contributed by atoms with van der Waals surface area (Å²) in [4.78, 5) is 8.14. The summed E-state index contributed by atoms with van der Waals surface area (Å²) in [6, 6.07) is 2.95. The molecule has 0 aliphatic heterocycles. The Hall–Kier alpha value is -1.92. The van der Waals surface area contributed by atoms with Crippen LogP contribution in [0.15, 0.2) is 24.5 Å². The zero-order valence-corrected chi connectivity index (χ0v) is 13.1. The third-order valence-corrected chi connectivity index (χ3v) is 3.34. The Morgan fingerprint density at radius 2 is 2.14 bits per heavy atom. The van der Waals surface area contributed by atoms with Crippen LogP contribution in [0.25, 0.3) is 11.3 Å². The van der Waals surface area contributed by atoms with Crippen LogP contribution in [0.2, 0.25) is 5.15 Å². The van der Waals surface area contributed by atoms with Crippen molar-refractivity contribution in [1.29, 1.82) is 0 Å². The van der Waals surface area contributed by atoms with Gasteiger partial charge in [-0.25, -0.2) is 14.4 Å². The molecule has 0 aliphatic carbocycles. The van der Waals surface area contributed by atoms with Gasteiger partial charge in [-0.15, -0.1) is 0 Å². The van der Waals surface area contributed by atoms with Gasteiger partial charge in [0, 0.05) is 36.2 Å². The minimum atomic E-state index is -0.481. The summed E-state index contributed by atoms with van der Waals surface area (Å²) < 4.78 is 18.5. The molecule has 0 saturated heterocycles. The summed E-state index contributed by atoms with van der Waals surface area (Å²) in [5.41, 5.74) is 1.80. The van der Waals surface area contributed by atoms with Crippen LogP contribution in [0.1, 0.15) is 13.3 Å². The highest BCUT2D eigenvalue weighted by Gasteiger charge is 2.15. The zero-order chi connectivity index (χ0) is 16.1. The lowest BCUT2D eigenvalue weighted by Gasteiger charge is -2.18. The van der Waals surface area contributed by atoms with E-state index in [2.05, 4.69) is 15.3 Å². The number of anilines is 1. The smallest absolute Gasteiger partial charge is 0.148 e. The van der Waals surface area contributed by atoms with Crippen molar-refractivity contribution in [3.63, 3.8) is 0 Å². The van der Waals surface area contributed by atoms with Crippen LogP contribution in [-0.4, -0.2) is 34.8 Å². The number of nitrogens with one attached hydrogen (secondary N) is 1. The monoisotopic (exact) mass is 325 g/mol. The molecule has 0 amide bonds. The molecule has 0 bridgehead atoms. The molecular weight excluding hydrogens is 309 g/mol. The van der Waals surface area contributed by atoms with Crippen molar-refractivity contribution in [2.75, 3.05) is 19.0 Å². The lowest BCUT2D eigenvalue weighted by molar-refractivity contribution is 0.282. The van der Waals surface area contributed by atoms with Gasteiger partial charge in [0.1, 0.15) is 22.4 Å². The van der Waals surface area contributed by atoms with Gasteiger partial charge in [0.25, 0.3) is 0 Å². The van der Waals surface area contributed by atoms with Gasteiger partial charge in [-0.1, -0.05) is 11.6 Å². The average molecular weight is 326 g/mol. The molecular formula is C15H17ClFN3O2. The van der Waals surface area contributed by atoms with Crippen molar-refractivity contribution < 1.29 is 14.2 Å². The van der Waals surface area contributed by atoms with Gasteiger partial charge in [-0.3, -0.25) is 0 Å². The highest BCUT2D eigenvalue weighted by atomic mass is 35.5. The van der Waals surface area contributed by atoms with E-state index in [0.29, 0.717) is 34.3 Å². The summed E-state index contributed by atoms with van der Waals surface area (Å²) in [5, 5.41) is 12.6. The highest BCUT2D eigenvalue weighted by Crippen LogP contribution is 2.34. The minimum Gasteiger partial charge on any atom is -0.494 e. The van der Waals surface area contributed by atoms with E-state index in [0.717, 1.165) is 6.20 Å². The second kappa shape index (κ2) is 7.38. The lowest BCUT2D eigenvalue weighted by atomic mass is 10.1. The molecule has 0 fully saturated rings. The van der Waals surface area contributed by atoms with Gasteiger partial charge in [0.15, 0.2) is 0 Å². The van der Waals surface area contributed by atoms with Gasteiger partial charge in [-0.2, -0.15) is 0 Å². The second-order valence-corrected chi connectivity index (χ2v) is 5.20. The standard InChI is InChI=1S/C15H17ClFN3O2/c1-9(3-4-21)20-12-6-14(16)18-8-11(12)15-13(22-2)5-10(17)7-19-15/h5-9,21H,3-4H2,1-2H3,(H,18,20)/t9-/m0/s1. The van der Waals surface area contributed by atoms with Crippen molar-refractivity contribution >= 4 is 17.3 Å². The molecule has 0 aliphatic rings. The van der Waals surface area contributed by atoms with E-state index in [4.69, 9.17) is 21.4 Å². The first-order chi connectivity index (χ1) is 10.5. The topological polar surface area (TPSA) is 67.3 Å². The van der Waals surface area contributed by atoms with E-state index in [1.165, 1.54) is 13.2 Å². The van der Waals surface area contributed by atoms with Gasteiger partial charge in [0.2, 0.25) is 0 Å². The van der Waals surface area contributed by atoms with E-state index in [1.807, 2.05) is 6.92 Å². The molecule has 5 nitrogen and oxygen atoms in total. The third-order valence-electron chi connectivity index (χ3n) is 3.13. The predicted molar refractivity (Wildman–Crippen MR) is 83.8 cm³/mol. The molecule has 2 N–H and O–H groups in total. The first-order valence-corrected chi connectivity index (χ1v) is 7.15. The van der Waals surface area contributed by atoms with Gasteiger partial charge in [-0.05, 0) is 19.4 Å². The molecule has 2 heterocycles. The SMILES string of the molecule is COc1cc(F)cnc1-c1cnc(Cl)cc1N[C@@H](C)CCO. The van der Waals surface area contributed by atoms with E-state index in [9.17, 15) is 4.39 Å². The fourth-order valence-electron chi connectivity index (χ4n) is 2.05. The Balaban J connectivity index is 2.46. The van der Waals surface area contributed by atoms with E-state index in [1.54, 1.807) is 12.3 Å². The van der Waals surface area contributed by atoms with Crippen LogP contribution in [0.5, 0.6) is 5.75 Å². The van der Waals surface area contributed by atoms with Crippen molar-refractivity contribution in [2.24, 2.45) is 0 Å². The van der Waals surface area contributed by atoms with Crippen LogP contribution < -0.4 is 10.1 Å². The molecule has 2 rings (SSSR count). The summed E-state index contributed by atoms with van der Waals surface area (Å²) >= 11 is 5.95. The van der Waals surface area contributed by atoms with Crippen LogP contribution in [0, 0.1) is 5.82 Å². The van der Waals surface area contributed by atoms with Gasteiger partial charge >= 0.3 is 0 Å². The number of pyridine rings is 2. The molecule has 118 valence electrons. The van der Waals surface area contributed by atoms with Crippen LogP contribution in [0.3, 0.4) is 0 Å². The lowest BCUT2D eigenvalue weighted by Crippen LogP contribution is -2.17. The fraction of sp³-hybridized carbons (Fsp3) is 0.333. The molecule has 0 unspecified atom stereocenters. The normalized spacial score (nSPS) is 12.0. The summed E-state index contributed by atoms with van der Waals surface area (Å²) in [6.45, 7) is 2.00. The van der Waals surface area contributed by atoms with Gasteiger partial charge < -0.3 is 15.2 Å². The molecule has 0 saturated carbocycles. The summed E-state index contributed by atoms with van der Waals surface area (Å²) in [5.74, 6) is -0.173. The van der Waals surface area contributed by atoms with E-state index in [-0.39, 0.29) is 12.6 Å². The number of nitrogens with zero attached hydrogens (tertiary/aromatic N) is 2. The van der Waals surface area contributed by atoms with Crippen LogP contribution in [-0.2, 0) is 0 Å².